The number of carbonyl (C=O) groups is 1. The Bertz CT molecular complexity index is 1140. The number of carbonyl (C=O) groups excluding carboxylic acids is 1. The second kappa shape index (κ2) is 8.15. The van der Waals surface area contributed by atoms with Gasteiger partial charge < -0.3 is 9.47 Å². The molecule has 0 N–H and O–H groups in total. The maximum Gasteiger partial charge on any atom is 0.253 e. The number of rotatable bonds is 4. The van der Waals surface area contributed by atoms with Crippen molar-refractivity contribution in [2.45, 2.75) is 19.4 Å². The third-order valence-corrected chi connectivity index (χ3v) is 6.12. The number of nitrogens with zero attached hydrogens (tertiary/aromatic N) is 3. The predicted octanol–water partition coefficient (Wildman–Crippen LogP) is 5.26. The number of para-hydroxylation sites is 2. The molecule has 1 saturated heterocycles. The number of imidazole rings is 1. The van der Waals surface area contributed by atoms with Crippen LogP contribution in [0.4, 0.5) is 0 Å². The largest absolute Gasteiger partial charge is 0.339 e. The molecule has 0 atom stereocenters. The van der Waals surface area contributed by atoms with E-state index in [1.807, 2.05) is 59.8 Å². The Kier molecular flexibility index (Phi) is 5.06. The van der Waals surface area contributed by atoms with E-state index in [1.54, 1.807) is 0 Å². The Morgan fingerprint density at radius 1 is 0.833 bits per heavy atom. The fraction of sp³-hybridized carbons (Fsp3) is 0.231. The summed E-state index contributed by atoms with van der Waals surface area (Å²) in [7, 11) is 0. The van der Waals surface area contributed by atoms with Gasteiger partial charge >= 0.3 is 0 Å². The molecule has 0 bridgehead atoms. The molecule has 0 unspecified atom stereocenters. The summed E-state index contributed by atoms with van der Waals surface area (Å²) in [5.41, 5.74) is 5.31. The molecule has 0 saturated carbocycles. The molecule has 5 rings (SSSR count). The molecule has 30 heavy (non-hydrogen) atoms. The minimum Gasteiger partial charge on any atom is -0.339 e. The lowest BCUT2D eigenvalue weighted by Crippen LogP contribution is -2.39. The third kappa shape index (κ3) is 3.73. The molecule has 4 aromatic rings. The van der Waals surface area contributed by atoms with Crippen LogP contribution in [0.25, 0.3) is 22.2 Å². The summed E-state index contributed by atoms with van der Waals surface area (Å²) < 4.78 is 2.25. The van der Waals surface area contributed by atoms with Crippen LogP contribution >= 0.6 is 0 Å². The highest BCUT2D eigenvalue weighted by atomic mass is 16.2. The Morgan fingerprint density at radius 2 is 1.50 bits per heavy atom. The van der Waals surface area contributed by atoms with Crippen LogP contribution in [0.5, 0.6) is 0 Å². The van der Waals surface area contributed by atoms with Crippen molar-refractivity contribution < 1.29 is 4.79 Å². The molecular weight excluding hydrogens is 370 g/mol. The van der Waals surface area contributed by atoms with Crippen LogP contribution in [0, 0.1) is 5.92 Å². The molecule has 2 heterocycles. The molecule has 1 aliphatic rings. The molecule has 0 radical (unpaired) electrons. The topological polar surface area (TPSA) is 38.1 Å². The number of aromatic nitrogens is 2. The second-order valence-electron chi connectivity index (χ2n) is 8.06. The SMILES string of the molecule is O=C(c1ccc(-c2ccccc2)cc1)N1CCC(Cn2cnc3ccccc32)CC1. The zero-order valence-electron chi connectivity index (χ0n) is 16.9. The number of hydrogen-bond donors (Lipinski definition) is 0. The molecule has 3 aromatic carbocycles. The van der Waals surface area contributed by atoms with E-state index in [9.17, 15) is 4.79 Å². The van der Waals surface area contributed by atoms with Gasteiger partial charge in [0.2, 0.25) is 0 Å². The van der Waals surface area contributed by atoms with E-state index in [4.69, 9.17) is 0 Å². The van der Waals surface area contributed by atoms with Gasteiger partial charge in [-0.3, -0.25) is 4.79 Å². The van der Waals surface area contributed by atoms with E-state index < -0.39 is 0 Å². The van der Waals surface area contributed by atoms with Crippen LogP contribution in [0.15, 0.2) is 85.2 Å². The zero-order valence-corrected chi connectivity index (χ0v) is 16.9. The van der Waals surface area contributed by atoms with Gasteiger partial charge in [0.1, 0.15) is 0 Å². The minimum absolute atomic E-state index is 0.140. The molecular formula is C26H25N3O. The van der Waals surface area contributed by atoms with Gasteiger partial charge in [-0.2, -0.15) is 0 Å². The van der Waals surface area contributed by atoms with Crippen molar-refractivity contribution in [1.29, 1.82) is 0 Å². The number of likely N-dealkylation sites (tertiary alicyclic amines) is 1. The Hall–Kier alpha value is -3.40. The normalized spacial score (nSPS) is 14.9. The van der Waals surface area contributed by atoms with Crippen LogP contribution in [-0.4, -0.2) is 33.4 Å². The third-order valence-electron chi connectivity index (χ3n) is 6.12. The summed E-state index contributed by atoms with van der Waals surface area (Å²) in [6.07, 6.45) is 4.00. The summed E-state index contributed by atoms with van der Waals surface area (Å²) in [4.78, 5) is 19.5. The van der Waals surface area contributed by atoms with Gasteiger partial charge in [-0.15, -0.1) is 0 Å². The smallest absolute Gasteiger partial charge is 0.253 e. The molecule has 4 heteroatoms. The number of hydrogen-bond acceptors (Lipinski definition) is 2. The van der Waals surface area contributed by atoms with E-state index in [0.717, 1.165) is 49.1 Å². The van der Waals surface area contributed by atoms with Crippen LogP contribution in [0.1, 0.15) is 23.2 Å². The standard InChI is InChI=1S/C26H25N3O/c30-26(23-12-10-22(11-13-23)21-6-2-1-3-7-21)28-16-14-20(15-17-28)18-29-19-27-24-8-4-5-9-25(24)29/h1-13,19-20H,14-18H2. The van der Waals surface area contributed by atoms with Crippen LogP contribution in [-0.2, 0) is 6.54 Å². The highest BCUT2D eigenvalue weighted by Crippen LogP contribution is 2.24. The Balaban J connectivity index is 1.20. The van der Waals surface area contributed by atoms with Crippen LogP contribution in [0.3, 0.4) is 0 Å². The summed E-state index contributed by atoms with van der Waals surface area (Å²) in [6, 6.07) is 26.5. The molecule has 1 aliphatic heterocycles. The molecule has 0 aliphatic carbocycles. The molecule has 1 aromatic heterocycles. The van der Waals surface area contributed by atoms with E-state index >= 15 is 0 Å². The lowest BCUT2D eigenvalue weighted by atomic mass is 9.96. The summed E-state index contributed by atoms with van der Waals surface area (Å²) >= 11 is 0. The highest BCUT2D eigenvalue weighted by molar-refractivity contribution is 5.94. The first-order valence-corrected chi connectivity index (χ1v) is 10.6. The van der Waals surface area contributed by atoms with Gasteiger partial charge in [-0.1, -0.05) is 54.6 Å². The van der Waals surface area contributed by atoms with E-state index in [2.05, 4.69) is 39.9 Å². The lowest BCUT2D eigenvalue weighted by Gasteiger charge is -2.32. The van der Waals surface area contributed by atoms with Crippen LogP contribution < -0.4 is 0 Å². The van der Waals surface area contributed by atoms with E-state index in [-0.39, 0.29) is 5.91 Å². The molecule has 4 nitrogen and oxygen atoms in total. The van der Waals surface area contributed by atoms with Crippen molar-refractivity contribution in [2.75, 3.05) is 13.1 Å². The number of piperidine rings is 1. The maximum absolute atomic E-state index is 13.0. The predicted molar refractivity (Wildman–Crippen MR) is 120 cm³/mol. The fourth-order valence-corrected chi connectivity index (χ4v) is 4.37. The van der Waals surface area contributed by atoms with Gasteiger partial charge in [-0.25, -0.2) is 4.98 Å². The number of benzene rings is 3. The van der Waals surface area contributed by atoms with E-state index in [0.29, 0.717) is 5.92 Å². The maximum atomic E-state index is 13.0. The minimum atomic E-state index is 0.140. The van der Waals surface area contributed by atoms with Crippen molar-refractivity contribution in [3.05, 3.63) is 90.8 Å². The van der Waals surface area contributed by atoms with Crippen molar-refractivity contribution in [3.8, 4) is 11.1 Å². The monoisotopic (exact) mass is 395 g/mol. The lowest BCUT2D eigenvalue weighted by molar-refractivity contribution is 0.0683. The zero-order chi connectivity index (χ0) is 20.3. The average molecular weight is 396 g/mol. The first kappa shape index (κ1) is 18.6. The summed E-state index contributed by atoms with van der Waals surface area (Å²) in [5.74, 6) is 0.716. The summed E-state index contributed by atoms with van der Waals surface area (Å²) in [6.45, 7) is 2.60. The quantitative estimate of drug-likeness (QED) is 0.473. The van der Waals surface area contributed by atoms with Gasteiger partial charge in [0.25, 0.3) is 5.91 Å². The highest BCUT2D eigenvalue weighted by Gasteiger charge is 2.24. The average Bonchev–Trinajstić information content (AvgIpc) is 3.23. The first-order chi connectivity index (χ1) is 14.8. The second-order valence-corrected chi connectivity index (χ2v) is 8.06. The van der Waals surface area contributed by atoms with Crippen molar-refractivity contribution in [1.82, 2.24) is 14.5 Å². The fourth-order valence-electron chi connectivity index (χ4n) is 4.37. The molecule has 0 spiro atoms. The number of amides is 1. The van der Waals surface area contributed by atoms with Gasteiger partial charge in [0.05, 0.1) is 17.4 Å². The van der Waals surface area contributed by atoms with Crippen molar-refractivity contribution >= 4 is 16.9 Å². The number of fused-ring (bicyclic) bond motifs is 1. The Morgan fingerprint density at radius 3 is 2.27 bits per heavy atom. The van der Waals surface area contributed by atoms with E-state index in [1.165, 1.54) is 11.1 Å². The Labute approximate surface area is 176 Å². The van der Waals surface area contributed by atoms with Gasteiger partial charge in [0.15, 0.2) is 0 Å². The van der Waals surface area contributed by atoms with Gasteiger partial charge in [-0.05, 0) is 54.2 Å². The van der Waals surface area contributed by atoms with Crippen molar-refractivity contribution in [2.24, 2.45) is 5.92 Å². The molecule has 150 valence electrons. The van der Waals surface area contributed by atoms with Gasteiger partial charge in [0, 0.05) is 25.2 Å². The summed E-state index contributed by atoms with van der Waals surface area (Å²) in [5, 5.41) is 0. The van der Waals surface area contributed by atoms with Crippen LogP contribution in [0.2, 0.25) is 0 Å². The van der Waals surface area contributed by atoms with Crippen molar-refractivity contribution in [3.63, 3.8) is 0 Å². The molecule has 1 amide bonds. The first-order valence-electron chi connectivity index (χ1n) is 10.6. The molecule has 1 fully saturated rings.